The van der Waals surface area contributed by atoms with E-state index in [1.807, 2.05) is 0 Å². The quantitative estimate of drug-likeness (QED) is 0.327. The Balaban J connectivity index is 2.16. The zero-order valence-corrected chi connectivity index (χ0v) is 5.37. The Labute approximate surface area is 58.1 Å². The van der Waals surface area contributed by atoms with Gasteiger partial charge in [0, 0.05) is 6.08 Å². The lowest BCUT2D eigenvalue weighted by molar-refractivity contribution is -0.145. The summed E-state index contributed by atoms with van der Waals surface area (Å²) in [6, 6.07) is 0. The molecule has 0 aliphatic carbocycles. The standard InChI is InChI=1S/C6H8O4/c1-2-5(7)9-3-6(8)4-10-6/h2,8H,1,3-4H2. The summed E-state index contributed by atoms with van der Waals surface area (Å²) in [6.45, 7) is 3.31. The van der Waals surface area contributed by atoms with Crippen LogP contribution in [0.3, 0.4) is 0 Å². The average molecular weight is 144 g/mol. The molecule has 1 aliphatic rings. The molecule has 56 valence electrons. The minimum absolute atomic E-state index is 0.113. The monoisotopic (exact) mass is 144 g/mol. The molecule has 1 saturated heterocycles. The summed E-state index contributed by atoms with van der Waals surface area (Å²) in [5.74, 6) is -1.76. The van der Waals surface area contributed by atoms with Crippen LogP contribution in [0.5, 0.6) is 0 Å². The molecular weight excluding hydrogens is 136 g/mol. The fourth-order valence-electron chi connectivity index (χ4n) is 0.409. The van der Waals surface area contributed by atoms with Crippen molar-refractivity contribution in [2.24, 2.45) is 0 Å². The number of aliphatic hydroxyl groups is 1. The highest BCUT2D eigenvalue weighted by molar-refractivity contribution is 5.81. The Morgan fingerprint density at radius 3 is 3.00 bits per heavy atom. The fourth-order valence-corrected chi connectivity index (χ4v) is 0.409. The van der Waals surface area contributed by atoms with Crippen molar-refractivity contribution < 1.29 is 19.4 Å². The summed E-state index contributed by atoms with van der Waals surface area (Å²) in [7, 11) is 0. The second-order valence-electron chi connectivity index (χ2n) is 2.05. The summed E-state index contributed by atoms with van der Waals surface area (Å²) in [4.78, 5) is 10.4. The molecule has 4 nitrogen and oxygen atoms in total. The predicted octanol–water partition coefficient (Wildman–Crippen LogP) is -0.566. The van der Waals surface area contributed by atoms with E-state index in [0.29, 0.717) is 0 Å². The fraction of sp³-hybridized carbons (Fsp3) is 0.500. The maximum absolute atomic E-state index is 10.4. The molecule has 1 unspecified atom stereocenters. The van der Waals surface area contributed by atoms with Gasteiger partial charge in [-0.15, -0.1) is 0 Å². The largest absolute Gasteiger partial charge is 0.457 e. The van der Waals surface area contributed by atoms with Crippen molar-refractivity contribution in [2.75, 3.05) is 13.2 Å². The molecule has 0 saturated carbocycles. The van der Waals surface area contributed by atoms with E-state index in [2.05, 4.69) is 16.1 Å². The molecule has 1 rings (SSSR count). The lowest BCUT2D eigenvalue weighted by Gasteiger charge is -2.02. The summed E-state index contributed by atoms with van der Waals surface area (Å²) < 4.78 is 9.02. The van der Waals surface area contributed by atoms with Crippen LogP contribution in [0.2, 0.25) is 0 Å². The van der Waals surface area contributed by atoms with Gasteiger partial charge >= 0.3 is 5.97 Å². The SMILES string of the molecule is C=CC(=O)OCC1(O)CO1. The number of hydrogen-bond donors (Lipinski definition) is 1. The number of carbonyl (C=O) groups excluding carboxylic acids is 1. The third kappa shape index (κ3) is 1.82. The molecule has 0 aromatic rings. The highest BCUT2D eigenvalue weighted by atomic mass is 16.7. The summed E-state index contributed by atoms with van der Waals surface area (Å²) in [5.41, 5.74) is 0. The first-order valence-corrected chi connectivity index (χ1v) is 2.82. The van der Waals surface area contributed by atoms with Gasteiger partial charge in [0.05, 0.1) is 0 Å². The van der Waals surface area contributed by atoms with Gasteiger partial charge in [-0.2, -0.15) is 0 Å². The zero-order chi connectivity index (χ0) is 7.61. The maximum atomic E-state index is 10.4. The smallest absolute Gasteiger partial charge is 0.330 e. The molecule has 0 spiro atoms. The molecule has 1 fully saturated rings. The molecule has 0 amide bonds. The first-order valence-electron chi connectivity index (χ1n) is 2.82. The van der Waals surface area contributed by atoms with Crippen LogP contribution in [0.4, 0.5) is 0 Å². The van der Waals surface area contributed by atoms with Crippen LogP contribution in [-0.2, 0) is 14.3 Å². The number of ether oxygens (including phenoxy) is 2. The third-order valence-electron chi connectivity index (χ3n) is 1.08. The van der Waals surface area contributed by atoms with Crippen molar-refractivity contribution in [3.05, 3.63) is 12.7 Å². The van der Waals surface area contributed by atoms with Gasteiger partial charge in [0.15, 0.2) is 0 Å². The number of carbonyl (C=O) groups is 1. The van der Waals surface area contributed by atoms with Gasteiger partial charge in [-0.3, -0.25) is 0 Å². The molecule has 0 bridgehead atoms. The second-order valence-corrected chi connectivity index (χ2v) is 2.05. The van der Waals surface area contributed by atoms with E-state index < -0.39 is 11.8 Å². The van der Waals surface area contributed by atoms with Gasteiger partial charge in [-0.25, -0.2) is 4.79 Å². The van der Waals surface area contributed by atoms with Crippen LogP contribution < -0.4 is 0 Å². The van der Waals surface area contributed by atoms with Crippen LogP contribution in [0.15, 0.2) is 12.7 Å². The first-order chi connectivity index (χ1) is 4.66. The van der Waals surface area contributed by atoms with E-state index in [1.54, 1.807) is 0 Å². The van der Waals surface area contributed by atoms with Crippen LogP contribution in [0, 0.1) is 0 Å². The molecule has 10 heavy (non-hydrogen) atoms. The van der Waals surface area contributed by atoms with Crippen molar-refractivity contribution in [1.29, 1.82) is 0 Å². The molecule has 4 heteroatoms. The van der Waals surface area contributed by atoms with E-state index in [9.17, 15) is 4.79 Å². The van der Waals surface area contributed by atoms with Gasteiger partial charge in [0.25, 0.3) is 0 Å². The first kappa shape index (κ1) is 7.24. The van der Waals surface area contributed by atoms with Gasteiger partial charge in [0.2, 0.25) is 5.79 Å². The Morgan fingerprint density at radius 1 is 2.00 bits per heavy atom. The van der Waals surface area contributed by atoms with Crippen LogP contribution >= 0.6 is 0 Å². The van der Waals surface area contributed by atoms with E-state index in [-0.39, 0.29) is 13.2 Å². The minimum Gasteiger partial charge on any atom is -0.457 e. The molecule has 1 N–H and O–H groups in total. The van der Waals surface area contributed by atoms with E-state index in [1.165, 1.54) is 0 Å². The molecule has 1 aliphatic heterocycles. The van der Waals surface area contributed by atoms with Crippen molar-refractivity contribution >= 4 is 5.97 Å². The van der Waals surface area contributed by atoms with Gasteiger partial charge < -0.3 is 14.6 Å². The van der Waals surface area contributed by atoms with Gasteiger partial charge in [0.1, 0.15) is 13.2 Å². The molecular formula is C6H8O4. The van der Waals surface area contributed by atoms with E-state index in [0.717, 1.165) is 6.08 Å². The third-order valence-corrected chi connectivity index (χ3v) is 1.08. The molecule has 0 radical (unpaired) electrons. The van der Waals surface area contributed by atoms with Crippen molar-refractivity contribution in [2.45, 2.75) is 5.79 Å². The lowest BCUT2D eigenvalue weighted by atomic mass is 10.4. The number of esters is 1. The van der Waals surface area contributed by atoms with Crippen molar-refractivity contribution in [3.8, 4) is 0 Å². The van der Waals surface area contributed by atoms with Gasteiger partial charge in [-0.05, 0) is 0 Å². The van der Waals surface area contributed by atoms with Crippen molar-refractivity contribution in [3.63, 3.8) is 0 Å². The minimum atomic E-state index is -1.21. The Bertz CT molecular complexity index is 159. The highest BCUT2D eigenvalue weighted by Gasteiger charge is 2.43. The summed E-state index contributed by atoms with van der Waals surface area (Å²) in [6.07, 6.45) is 1.03. The van der Waals surface area contributed by atoms with Crippen LogP contribution in [-0.4, -0.2) is 30.1 Å². The normalized spacial score (nSPS) is 29.3. The summed E-state index contributed by atoms with van der Waals surface area (Å²) >= 11 is 0. The number of rotatable bonds is 3. The Morgan fingerprint density at radius 2 is 2.60 bits per heavy atom. The van der Waals surface area contributed by atoms with E-state index >= 15 is 0 Å². The highest BCUT2D eigenvalue weighted by Crippen LogP contribution is 2.22. The zero-order valence-electron chi connectivity index (χ0n) is 5.37. The predicted molar refractivity (Wildman–Crippen MR) is 32.1 cm³/mol. The van der Waals surface area contributed by atoms with Gasteiger partial charge in [-0.1, -0.05) is 6.58 Å². The Kier molecular flexibility index (Phi) is 1.74. The molecule has 0 aromatic carbocycles. The van der Waals surface area contributed by atoms with Crippen LogP contribution in [0.1, 0.15) is 0 Å². The molecule has 1 atom stereocenters. The van der Waals surface area contributed by atoms with E-state index in [4.69, 9.17) is 5.11 Å². The lowest BCUT2D eigenvalue weighted by Crippen LogP contribution is -2.20. The second kappa shape index (κ2) is 2.40. The summed E-state index contributed by atoms with van der Waals surface area (Å²) in [5, 5.41) is 8.94. The van der Waals surface area contributed by atoms with Crippen molar-refractivity contribution in [1.82, 2.24) is 0 Å². The molecule has 1 heterocycles. The average Bonchev–Trinajstić information content (AvgIpc) is 2.64. The van der Waals surface area contributed by atoms with Crippen LogP contribution in [0.25, 0.3) is 0 Å². The maximum Gasteiger partial charge on any atom is 0.330 e. The molecule has 0 aromatic heterocycles. The Hall–Kier alpha value is -0.870. The number of hydrogen-bond acceptors (Lipinski definition) is 4. The number of epoxide rings is 1. The topological polar surface area (TPSA) is 59.1 Å².